The molecule has 1 N–H and O–H groups in total. The van der Waals surface area contributed by atoms with Crippen LogP contribution in [0.25, 0.3) is 11.0 Å². The van der Waals surface area contributed by atoms with Gasteiger partial charge in [0.25, 0.3) is 0 Å². The smallest absolute Gasteiger partial charge is 0.157 e. The van der Waals surface area contributed by atoms with Crippen LogP contribution in [0.15, 0.2) is 36.5 Å². The van der Waals surface area contributed by atoms with Gasteiger partial charge in [-0.3, -0.25) is 4.68 Å². The molecule has 0 spiro atoms. The maximum Gasteiger partial charge on any atom is 0.157 e. The minimum absolute atomic E-state index is 0.721. The summed E-state index contributed by atoms with van der Waals surface area (Å²) < 4.78 is 1.81. The number of aromatic nitrogens is 3. The number of aryl methyl sites for hydroxylation is 2. The second-order valence-electron chi connectivity index (χ2n) is 4.78. The van der Waals surface area contributed by atoms with E-state index in [0.29, 0.717) is 0 Å². The number of anilines is 1. The van der Waals surface area contributed by atoms with E-state index >= 15 is 0 Å². The molecule has 2 aromatic heterocycles. The molecule has 102 valence electrons. The Morgan fingerprint density at radius 2 is 2.00 bits per heavy atom. The molecule has 5 heteroatoms. The van der Waals surface area contributed by atoms with Gasteiger partial charge >= 0.3 is 0 Å². The quantitative estimate of drug-likeness (QED) is 0.801. The molecule has 0 saturated carbocycles. The number of pyridine rings is 1. The first kappa shape index (κ1) is 12.9. The summed E-state index contributed by atoms with van der Waals surface area (Å²) in [5.41, 5.74) is 4.09. The molecule has 1 aromatic carbocycles. The highest BCUT2D eigenvalue weighted by Gasteiger charge is 2.06. The van der Waals surface area contributed by atoms with Crippen molar-refractivity contribution < 1.29 is 0 Å². The molecule has 3 rings (SSSR count). The van der Waals surface area contributed by atoms with E-state index in [1.807, 2.05) is 44.4 Å². The third-order valence-electron chi connectivity index (χ3n) is 3.26. The zero-order chi connectivity index (χ0) is 14.1. The number of halogens is 1. The van der Waals surface area contributed by atoms with E-state index in [9.17, 15) is 0 Å². The van der Waals surface area contributed by atoms with Crippen LogP contribution in [0, 0.1) is 6.92 Å². The van der Waals surface area contributed by atoms with Crippen molar-refractivity contribution in [1.29, 1.82) is 0 Å². The summed E-state index contributed by atoms with van der Waals surface area (Å²) in [5.74, 6) is 0. The van der Waals surface area contributed by atoms with E-state index in [-0.39, 0.29) is 0 Å². The van der Waals surface area contributed by atoms with Gasteiger partial charge in [0.2, 0.25) is 0 Å². The molecule has 2 heterocycles. The Balaban J connectivity index is 1.80. The number of rotatable bonds is 3. The average Bonchev–Trinajstić information content (AvgIpc) is 2.73. The van der Waals surface area contributed by atoms with Gasteiger partial charge in [0.1, 0.15) is 0 Å². The Bertz CT molecular complexity index is 746. The van der Waals surface area contributed by atoms with Crippen molar-refractivity contribution in [3.05, 3.63) is 52.8 Å². The molecule has 3 aromatic rings. The maximum atomic E-state index is 5.87. The van der Waals surface area contributed by atoms with Crippen molar-refractivity contribution in [3.8, 4) is 0 Å². The first-order valence-corrected chi connectivity index (χ1v) is 6.79. The zero-order valence-corrected chi connectivity index (χ0v) is 12.1. The topological polar surface area (TPSA) is 42.7 Å². The van der Waals surface area contributed by atoms with E-state index in [4.69, 9.17) is 11.6 Å². The molecule has 0 radical (unpaired) electrons. The molecular formula is C15H15ClN4. The van der Waals surface area contributed by atoms with Crippen LogP contribution in [0.2, 0.25) is 5.02 Å². The lowest BCUT2D eigenvalue weighted by molar-refractivity contribution is 0.773. The van der Waals surface area contributed by atoms with E-state index in [0.717, 1.165) is 39.5 Å². The fourth-order valence-corrected chi connectivity index (χ4v) is 2.35. The zero-order valence-electron chi connectivity index (χ0n) is 11.4. The second kappa shape index (κ2) is 5.13. The van der Waals surface area contributed by atoms with Crippen LogP contribution in [0.1, 0.15) is 11.3 Å². The molecular weight excluding hydrogens is 272 g/mol. The number of benzene rings is 1. The third-order valence-corrected chi connectivity index (χ3v) is 3.51. The maximum absolute atomic E-state index is 5.87. The van der Waals surface area contributed by atoms with Gasteiger partial charge in [-0.05, 0) is 42.8 Å². The predicted molar refractivity (Wildman–Crippen MR) is 82.0 cm³/mol. The van der Waals surface area contributed by atoms with E-state index in [1.54, 1.807) is 4.68 Å². The Labute approximate surface area is 122 Å². The van der Waals surface area contributed by atoms with Gasteiger partial charge in [-0.2, -0.15) is 5.10 Å². The lowest BCUT2D eigenvalue weighted by Crippen LogP contribution is -2.00. The fraction of sp³-hybridized carbons (Fsp3) is 0.200. The lowest BCUT2D eigenvalue weighted by Gasteiger charge is -2.06. The van der Waals surface area contributed by atoms with Crippen molar-refractivity contribution in [2.45, 2.75) is 13.5 Å². The van der Waals surface area contributed by atoms with Gasteiger partial charge < -0.3 is 5.32 Å². The third kappa shape index (κ3) is 2.47. The molecule has 0 atom stereocenters. The fourth-order valence-electron chi connectivity index (χ4n) is 2.22. The predicted octanol–water partition coefficient (Wildman–Crippen LogP) is 3.54. The largest absolute Gasteiger partial charge is 0.381 e. The molecule has 20 heavy (non-hydrogen) atoms. The average molecular weight is 287 g/mol. The van der Waals surface area contributed by atoms with E-state index in [2.05, 4.69) is 21.5 Å². The summed E-state index contributed by atoms with van der Waals surface area (Å²) in [6.07, 6.45) is 1.88. The van der Waals surface area contributed by atoms with Crippen LogP contribution in [-0.4, -0.2) is 14.8 Å². The summed E-state index contributed by atoms with van der Waals surface area (Å²) in [7, 11) is 1.91. The lowest BCUT2D eigenvalue weighted by atomic mass is 10.2. The minimum Gasteiger partial charge on any atom is -0.381 e. The summed E-state index contributed by atoms with van der Waals surface area (Å²) in [4.78, 5) is 4.47. The summed E-state index contributed by atoms with van der Waals surface area (Å²) in [5, 5.41) is 9.57. The van der Waals surface area contributed by atoms with Gasteiger partial charge in [0, 0.05) is 35.9 Å². The Morgan fingerprint density at radius 1 is 1.25 bits per heavy atom. The summed E-state index contributed by atoms with van der Waals surface area (Å²) in [6.45, 7) is 2.72. The number of hydrogen-bond acceptors (Lipinski definition) is 3. The normalized spacial score (nSPS) is 10.9. The first-order valence-electron chi connectivity index (χ1n) is 6.41. The minimum atomic E-state index is 0.721. The van der Waals surface area contributed by atoms with Crippen LogP contribution in [0.3, 0.4) is 0 Å². The van der Waals surface area contributed by atoms with Crippen molar-refractivity contribution in [2.24, 2.45) is 7.05 Å². The van der Waals surface area contributed by atoms with Crippen LogP contribution in [0.5, 0.6) is 0 Å². The van der Waals surface area contributed by atoms with Gasteiger partial charge in [-0.15, -0.1) is 0 Å². The Hall–Kier alpha value is -2.07. The molecule has 0 aliphatic rings. The van der Waals surface area contributed by atoms with Crippen LogP contribution in [-0.2, 0) is 13.6 Å². The van der Waals surface area contributed by atoms with Crippen LogP contribution < -0.4 is 5.32 Å². The molecule has 0 saturated heterocycles. The standard InChI is InChI=1S/C15H15ClN4/c1-10-14-7-11(9-18-15(14)20(2)19-10)8-17-13-5-3-12(16)4-6-13/h3-7,9,17H,8H2,1-2H3. The van der Waals surface area contributed by atoms with Crippen LogP contribution >= 0.6 is 11.6 Å². The second-order valence-corrected chi connectivity index (χ2v) is 5.22. The van der Waals surface area contributed by atoms with Gasteiger partial charge in [-0.25, -0.2) is 4.98 Å². The van der Waals surface area contributed by atoms with Crippen LogP contribution in [0.4, 0.5) is 5.69 Å². The van der Waals surface area contributed by atoms with Crippen molar-refractivity contribution in [2.75, 3.05) is 5.32 Å². The Morgan fingerprint density at radius 3 is 2.75 bits per heavy atom. The first-order chi connectivity index (χ1) is 9.63. The molecule has 0 aliphatic heterocycles. The SMILES string of the molecule is Cc1nn(C)c2ncc(CNc3ccc(Cl)cc3)cc12. The molecule has 0 fully saturated rings. The van der Waals surface area contributed by atoms with Crippen molar-refractivity contribution in [3.63, 3.8) is 0 Å². The Kier molecular flexibility index (Phi) is 3.32. The van der Waals surface area contributed by atoms with E-state index in [1.165, 1.54) is 0 Å². The molecule has 0 bridgehead atoms. The van der Waals surface area contributed by atoms with Crippen molar-refractivity contribution >= 4 is 28.3 Å². The number of hydrogen-bond donors (Lipinski definition) is 1. The van der Waals surface area contributed by atoms with Gasteiger partial charge in [0.05, 0.1) is 5.69 Å². The van der Waals surface area contributed by atoms with E-state index < -0.39 is 0 Å². The molecule has 0 aliphatic carbocycles. The number of nitrogens with one attached hydrogen (secondary N) is 1. The monoisotopic (exact) mass is 286 g/mol. The van der Waals surface area contributed by atoms with Gasteiger partial charge in [-0.1, -0.05) is 11.6 Å². The number of fused-ring (bicyclic) bond motifs is 1. The highest BCUT2D eigenvalue weighted by atomic mass is 35.5. The summed E-state index contributed by atoms with van der Waals surface area (Å²) in [6, 6.07) is 9.80. The highest BCUT2D eigenvalue weighted by molar-refractivity contribution is 6.30. The van der Waals surface area contributed by atoms with Crippen molar-refractivity contribution in [1.82, 2.24) is 14.8 Å². The molecule has 4 nitrogen and oxygen atoms in total. The molecule has 0 unspecified atom stereocenters. The molecule has 0 amide bonds. The number of nitrogens with zero attached hydrogens (tertiary/aromatic N) is 3. The highest BCUT2D eigenvalue weighted by Crippen LogP contribution is 2.18. The van der Waals surface area contributed by atoms with Gasteiger partial charge in [0.15, 0.2) is 5.65 Å². The summed E-state index contributed by atoms with van der Waals surface area (Å²) >= 11 is 5.87.